The van der Waals surface area contributed by atoms with Crippen LogP contribution in [0.5, 0.6) is 0 Å². The first-order chi connectivity index (χ1) is 9.52. The molecule has 1 unspecified atom stereocenters. The van der Waals surface area contributed by atoms with Crippen molar-refractivity contribution in [3.63, 3.8) is 0 Å². The molecule has 0 fully saturated rings. The highest BCUT2D eigenvalue weighted by Crippen LogP contribution is 2.22. The van der Waals surface area contributed by atoms with E-state index in [1.54, 1.807) is 17.5 Å². The Balaban J connectivity index is 2.16. The third-order valence-corrected chi connectivity index (χ3v) is 4.55. The zero-order chi connectivity index (χ0) is 14.7. The molecule has 2 rings (SSSR count). The van der Waals surface area contributed by atoms with E-state index in [0.717, 1.165) is 17.1 Å². The summed E-state index contributed by atoms with van der Waals surface area (Å²) in [6, 6.07) is 3.84. The number of carbonyl (C=O) groups excluding carboxylic acids is 1. The van der Waals surface area contributed by atoms with E-state index in [1.165, 1.54) is 4.88 Å². The van der Waals surface area contributed by atoms with Crippen LogP contribution in [0.4, 0.5) is 0 Å². The fourth-order valence-electron chi connectivity index (χ4n) is 2.11. The van der Waals surface area contributed by atoms with Crippen LogP contribution in [0.15, 0.2) is 24.5 Å². The molecule has 0 bridgehead atoms. The molecule has 1 N–H and O–H groups in total. The lowest BCUT2D eigenvalue weighted by atomic mass is 10.0. The maximum atomic E-state index is 12.4. The second kappa shape index (κ2) is 6.22. The summed E-state index contributed by atoms with van der Waals surface area (Å²) < 4.78 is 1.96. The van der Waals surface area contributed by atoms with Crippen LogP contribution in [0.2, 0.25) is 0 Å². The Morgan fingerprint density at radius 3 is 2.70 bits per heavy atom. The molecule has 0 radical (unpaired) electrons. The minimum Gasteiger partial charge on any atom is -0.341 e. The van der Waals surface area contributed by atoms with Gasteiger partial charge in [-0.25, -0.2) is 4.98 Å². The fraction of sp³-hybridized carbons (Fsp3) is 0.467. The van der Waals surface area contributed by atoms with Gasteiger partial charge in [0.1, 0.15) is 5.82 Å². The summed E-state index contributed by atoms with van der Waals surface area (Å²) in [5.41, 5.74) is 0. The first-order valence-electron chi connectivity index (χ1n) is 6.89. The first kappa shape index (κ1) is 14.8. The molecule has 20 heavy (non-hydrogen) atoms. The maximum absolute atomic E-state index is 12.4. The average molecular weight is 291 g/mol. The topological polar surface area (TPSA) is 46.9 Å². The molecule has 0 aliphatic rings. The number of imidazole rings is 1. The van der Waals surface area contributed by atoms with Gasteiger partial charge in [0, 0.05) is 24.3 Å². The predicted molar refractivity (Wildman–Crippen MR) is 82.0 cm³/mol. The number of rotatable bonds is 5. The SMILES string of the molecule is CCc1ccc(C(=O)NC(c2nccn2C)C(C)C)s1. The zero-order valence-electron chi connectivity index (χ0n) is 12.4. The van der Waals surface area contributed by atoms with Crippen molar-refractivity contribution in [2.24, 2.45) is 13.0 Å². The number of thiophene rings is 1. The van der Waals surface area contributed by atoms with Crippen LogP contribution in [0, 0.1) is 5.92 Å². The smallest absolute Gasteiger partial charge is 0.261 e. The van der Waals surface area contributed by atoms with Crippen molar-refractivity contribution in [1.29, 1.82) is 0 Å². The highest BCUT2D eigenvalue weighted by Gasteiger charge is 2.23. The van der Waals surface area contributed by atoms with Crippen LogP contribution < -0.4 is 5.32 Å². The molecule has 2 aromatic rings. The van der Waals surface area contributed by atoms with Crippen molar-refractivity contribution in [2.45, 2.75) is 33.2 Å². The lowest BCUT2D eigenvalue weighted by Crippen LogP contribution is -2.33. The summed E-state index contributed by atoms with van der Waals surface area (Å²) in [4.78, 5) is 18.7. The van der Waals surface area contributed by atoms with Gasteiger partial charge >= 0.3 is 0 Å². The number of aryl methyl sites for hydroxylation is 2. The molecule has 108 valence electrons. The summed E-state index contributed by atoms with van der Waals surface area (Å²) in [5, 5.41) is 3.10. The van der Waals surface area contributed by atoms with Crippen LogP contribution in [-0.2, 0) is 13.5 Å². The average Bonchev–Trinajstić information content (AvgIpc) is 3.04. The van der Waals surface area contributed by atoms with E-state index in [9.17, 15) is 4.79 Å². The van der Waals surface area contributed by atoms with Crippen LogP contribution in [0.1, 0.15) is 47.2 Å². The molecule has 0 aromatic carbocycles. The molecular weight excluding hydrogens is 270 g/mol. The van der Waals surface area contributed by atoms with E-state index < -0.39 is 0 Å². The van der Waals surface area contributed by atoms with Gasteiger partial charge in [0.05, 0.1) is 10.9 Å². The highest BCUT2D eigenvalue weighted by atomic mass is 32.1. The van der Waals surface area contributed by atoms with Gasteiger partial charge in [-0.15, -0.1) is 11.3 Å². The van der Waals surface area contributed by atoms with Gasteiger partial charge in [0.25, 0.3) is 5.91 Å². The second-order valence-corrected chi connectivity index (χ2v) is 6.38. The van der Waals surface area contributed by atoms with Crippen molar-refractivity contribution < 1.29 is 4.79 Å². The zero-order valence-corrected chi connectivity index (χ0v) is 13.2. The first-order valence-corrected chi connectivity index (χ1v) is 7.71. The molecule has 1 atom stereocenters. The van der Waals surface area contributed by atoms with E-state index in [1.807, 2.05) is 29.9 Å². The standard InChI is InChI=1S/C15H21N3OS/c1-5-11-6-7-12(20-11)15(19)17-13(10(2)3)14-16-8-9-18(14)4/h6-10,13H,5H2,1-4H3,(H,17,19). The van der Waals surface area contributed by atoms with Gasteiger partial charge in [-0.05, 0) is 24.5 Å². The Kier molecular flexibility index (Phi) is 4.60. The number of nitrogens with zero attached hydrogens (tertiary/aromatic N) is 2. The molecule has 2 aromatic heterocycles. The second-order valence-electron chi connectivity index (χ2n) is 5.21. The number of hydrogen-bond donors (Lipinski definition) is 1. The Hall–Kier alpha value is -1.62. The van der Waals surface area contributed by atoms with Gasteiger partial charge in [-0.1, -0.05) is 20.8 Å². The number of hydrogen-bond acceptors (Lipinski definition) is 3. The monoisotopic (exact) mass is 291 g/mol. The van der Waals surface area contributed by atoms with Crippen LogP contribution in [0.25, 0.3) is 0 Å². The summed E-state index contributed by atoms with van der Waals surface area (Å²) in [6.45, 7) is 6.27. The van der Waals surface area contributed by atoms with Crippen molar-refractivity contribution >= 4 is 17.2 Å². The fourth-order valence-corrected chi connectivity index (χ4v) is 2.96. The van der Waals surface area contributed by atoms with Gasteiger partial charge in [-0.3, -0.25) is 4.79 Å². The Morgan fingerprint density at radius 2 is 2.20 bits per heavy atom. The van der Waals surface area contributed by atoms with Gasteiger partial charge in [0.15, 0.2) is 0 Å². The molecule has 0 saturated heterocycles. The van der Waals surface area contributed by atoms with E-state index in [-0.39, 0.29) is 17.9 Å². The number of amides is 1. The van der Waals surface area contributed by atoms with Gasteiger partial charge in [-0.2, -0.15) is 0 Å². The molecule has 0 aliphatic carbocycles. The summed E-state index contributed by atoms with van der Waals surface area (Å²) >= 11 is 1.56. The number of nitrogens with one attached hydrogen (secondary N) is 1. The minimum atomic E-state index is -0.0744. The summed E-state index contributed by atoms with van der Waals surface area (Å²) in [7, 11) is 1.95. The van der Waals surface area contributed by atoms with Crippen LogP contribution in [-0.4, -0.2) is 15.5 Å². The van der Waals surface area contributed by atoms with Crippen molar-refractivity contribution in [2.75, 3.05) is 0 Å². The quantitative estimate of drug-likeness (QED) is 0.919. The van der Waals surface area contributed by atoms with Crippen molar-refractivity contribution in [3.05, 3.63) is 40.1 Å². The van der Waals surface area contributed by atoms with E-state index in [4.69, 9.17) is 0 Å². The minimum absolute atomic E-state index is 0.0172. The number of aromatic nitrogens is 2. The van der Waals surface area contributed by atoms with Crippen LogP contribution >= 0.6 is 11.3 Å². The Bertz CT molecular complexity index is 585. The van der Waals surface area contributed by atoms with E-state index >= 15 is 0 Å². The molecule has 4 nitrogen and oxygen atoms in total. The van der Waals surface area contributed by atoms with Crippen molar-refractivity contribution in [1.82, 2.24) is 14.9 Å². The van der Waals surface area contributed by atoms with Crippen molar-refractivity contribution in [3.8, 4) is 0 Å². The third-order valence-electron chi connectivity index (χ3n) is 3.32. The van der Waals surface area contributed by atoms with Gasteiger partial charge < -0.3 is 9.88 Å². The lowest BCUT2D eigenvalue weighted by Gasteiger charge is -2.21. The molecule has 0 spiro atoms. The largest absolute Gasteiger partial charge is 0.341 e. The Morgan fingerprint density at radius 1 is 1.45 bits per heavy atom. The summed E-state index contributed by atoms with van der Waals surface area (Å²) in [6.07, 6.45) is 4.62. The molecule has 0 aliphatic heterocycles. The normalized spacial score (nSPS) is 12.7. The van der Waals surface area contributed by atoms with Crippen LogP contribution in [0.3, 0.4) is 0 Å². The molecular formula is C15H21N3OS. The Labute approximate surface area is 123 Å². The number of carbonyl (C=O) groups is 1. The summed E-state index contributed by atoms with van der Waals surface area (Å²) in [5.74, 6) is 1.16. The van der Waals surface area contributed by atoms with Gasteiger partial charge in [0.2, 0.25) is 0 Å². The molecule has 2 heterocycles. The third kappa shape index (κ3) is 3.10. The van der Waals surface area contributed by atoms with E-state index in [0.29, 0.717) is 0 Å². The molecule has 0 saturated carbocycles. The lowest BCUT2D eigenvalue weighted by molar-refractivity contribution is 0.0926. The predicted octanol–water partition coefficient (Wildman–Crippen LogP) is 3.17. The maximum Gasteiger partial charge on any atom is 0.261 e. The highest BCUT2D eigenvalue weighted by molar-refractivity contribution is 7.14. The van der Waals surface area contributed by atoms with E-state index in [2.05, 4.69) is 31.1 Å². The molecule has 5 heteroatoms. The molecule has 1 amide bonds.